The number of ether oxygens (including phenoxy) is 1. The van der Waals surface area contributed by atoms with Crippen molar-refractivity contribution in [2.75, 3.05) is 27.7 Å². The lowest BCUT2D eigenvalue weighted by molar-refractivity contribution is -0.870. The van der Waals surface area contributed by atoms with Gasteiger partial charge in [-0.15, -0.1) is 0 Å². The summed E-state index contributed by atoms with van der Waals surface area (Å²) in [6.45, 7) is 5.53. The monoisotopic (exact) mass is 643 g/mol. The van der Waals surface area contributed by atoms with E-state index in [4.69, 9.17) is 4.74 Å². The maximum atomic E-state index is 12.6. The van der Waals surface area contributed by atoms with Gasteiger partial charge in [0, 0.05) is 6.42 Å². The molecular weight excluding hydrogens is 562 g/mol. The topological polar surface area (TPSA) is 26.3 Å². The highest BCUT2D eigenvalue weighted by Gasteiger charge is 2.16. The van der Waals surface area contributed by atoms with Crippen molar-refractivity contribution < 1.29 is 14.0 Å². The Hall–Kier alpha value is -1.61. The number of allylic oxidation sites excluding steroid dienone is 8. The van der Waals surface area contributed by atoms with Crippen LogP contribution in [0.2, 0.25) is 0 Å². The second kappa shape index (κ2) is 34.7. The zero-order valence-corrected chi connectivity index (χ0v) is 31.8. The summed E-state index contributed by atoms with van der Waals surface area (Å²) in [5.41, 5.74) is 0. The van der Waals surface area contributed by atoms with E-state index in [1.54, 1.807) is 0 Å². The molecule has 0 radical (unpaired) electrons. The minimum atomic E-state index is 0.0149. The van der Waals surface area contributed by atoms with E-state index >= 15 is 0 Å². The van der Waals surface area contributed by atoms with Crippen molar-refractivity contribution in [1.29, 1.82) is 0 Å². The molecule has 0 fully saturated rings. The number of esters is 1. The van der Waals surface area contributed by atoms with E-state index in [2.05, 4.69) is 83.6 Å². The third-order valence-electron chi connectivity index (χ3n) is 8.71. The van der Waals surface area contributed by atoms with Gasteiger partial charge in [0.15, 0.2) is 0 Å². The third kappa shape index (κ3) is 36.9. The van der Waals surface area contributed by atoms with Crippen LogP contribution >= 0.6 is 0 Å². The van der Waals surface area contributed by atoms with Crippen LogP contribution < -0.4 is 0 Å². The smallest absolute Gasteiger partial charge is 0.306 e. The first-order chi connectivity index (χ1) is 22.4. The molecule has 0 aliphatic heterocycles. The van der Waals surface area contributed by atoms with E-state index < -0.39 is 0 Å². The van der Waals surface area contributed by atoms with Crippen LogP contribution in [0.4, 0.5) is 0 Å². The number of carbonyl (C=O) groups is 1. The Balaban J connectivity index is 4.10. The maximum absolute atomic E-state index is 12.6. The molecule has 0 aliphatic carbocycles. The zero-order valence-electron chi connectivity index (χ0n) is 31.8. The van der Waals surface area contributed by atoms with Crippen LogP contribution in [0.5, 0.6) is 0 Å². The molecule has 268 valence electrons. The predicted octanol–water partition coefficient (Wildman–Crippen LogP) is 13.4. The molecule has 0 aromatic heterocycles. The SMILES string of the molecule is CCCCCC=CCC=CCCCCCCCCC(CCCCCCCC=CCC=CCCCCC)OC(=O)CCC[N+](C)(C)C. The van der Waals surface area contributed by atoms with E-state index in [-0.39, 0.29) is 12.1 Å². The number of hydrogen-bond acceptors (Lipinski definition) is 2. The summed E-state index contributed by atoms with van der Waals surface area (Å²) in [6.07, 6.45) is 51.3. The minimum Gasteiger partial charge on any atom is -0.462 e. The number of hydrogen-bond donors (Lipinski definition) is 0. The van der Waals surface area contributed by atoms with Gasteiger partial charge in [-0.2, -0.15) is 0 Å². The fourth-order valence-electron chi connectivity index (χ4n) is 5.75. The fraction of sp³-hybridized carbons (Fsp3) is 0.791. The molecule has 0 aromatic rings. The van der Waals surface area contributed by atoms with Gasteiger partial charge in [0.1, 0.15) is 6.10 Å². The lowest BCUT2D eigenvalue weighted by Gasteiger charge is -2.24. The van der Waals surface area contributed by atoms with E-state index in [1.807, 2.05) is 0 Å². The van der Waals surface area contributed by atoms with E-state index in [0.29, 0.717) is 6.42 Å². The Kier molecular flexibility index (Phi) is 33.5. The molecule has 0 rings (SSSR count). The van der Waals surface area contributed by atoms with Crippen molar-refractivity contribution >= 4 is 5.97 Å². The summed E-state index contributed by atoms with van der Waals surface area (Å²) >= 11 is 0. The Labute approximate surface area is 289 Å². The molecule has 1 atom stereocenters. The van der Waals surface area contributed by atoms with Crippen molar-refractivity contribution in [1.82, 2.24) is 0 Å². The van der Waals surface area contributed by atoms with Gasteiger partial charge >= 0.3 is 5.97 Å². The fourth-order valence-corrected chi connectivity index (χ4v) is 5.75. The predicted molar refractivity (Wildman–Crippen MR) is 205 cm³/mol. The first kappa shape index (κ1) is 44.4. The normalized spacial score (nSPS) is 13.2. The average Bonchev–Trinajstić information content (AvgIpc) is 3.01. The second-order valence-electron chi connectivity index (χ2n) is 14.6. The number of unbranched alkanes of at least 4 members (excludes halogenated alkanes) is 17. The molecule has 0 aromatic carbocycles. The number of nitrogens with zero attached hydrogens (tertiary/aromatic N) is 1. The average molecular weight is 643 g/mol. The van der Waals surface area contributed by atoms with Crippen molar-refractivity contribution in [2.24, 2.45) is 0 Å². The Morgan fingerprint density at radius 1 is 0.500 bits per heavy atom. The first-order valence-electron chi connectivity index (χ1n) is 20.0. The quantitative estimate of drug-likeness (QED) is 0.0302. The summed E-state index contributed by atoms with van der Waals surface area (Å²) < 4.78 is 6.93. The maximum Gasteiger partial charge on any atom is 0.306 e. The molecule has 46 heavy (non-hydrogen) atoms. The van der Waals surface area contributed by atoms with Gasteiger partial charge in [-0.05, 0) is 89.9 Å². The van der Waals surface area contributed by atoms with Gasteiger partial charge in [0.25, 0.3) is 0 Å². The number of quaternary nitrogens is 1. The van der Waals surface area contributed by atoms with Crippen LogP contribution in [0.1, 0.15) is 187 Å². The highest BCUT2D eigenvalue weighted by molar-refractivity contribution is 5.69. The largest absolute Gasteiger partial charge is 0.462 e. The third-order valence-corrected chi connectivity index (χ3v) is 8.71. The van der Waals surface area contributed by atoms with Crippen LogP contribution in [0.15, 0.2) is 48.6 Å². The van der Waals surface area contributed by atoms with E-state index in [9.17, 15) is 4.79 Å². The molecule has 0 amide bonds. The molecule has 0 aliphatic rings. The Morgan fingerprint density at radius 3 is 1.26 bits per heavy atom. The molecular formula is C43H80NO2+. The van der Waals surface area contributed by atoms with Crippen molar-refractivity contribution in [3.63, 3.8) is 0 Å². The highest BCUT2D eigenvalue weighted by Crippen LogP contribution is 2.18. The lowest BCUT2D eigenvalue weighted by atomic mass is 10.0. The molecule has 1 unspecified atom stereocenters. The summed E-state index contributed by atoms with van der Waals surface area (Å²) in [4.78, 5) is 12.6. The lowest BCUT2D eigenvalue weighted by Crippen LogP contribution is -2.35. The highest BCUT2D eigenvalue weighted by atomic mass is 16.5. The summed E-state index contributed by atoms with van der Waals surface area (Å²) in [5, 5.41) is 0. The van der Waals surface area contributed by atoms with Crippen molar-refractivity contribution in [3.05, 3.63) is 48.6 Å². The first-order valence-corrected chi connectivity index (χ1v) is 20.0. The van der Waals surface area contributed by atoms with Gasteiger partial charge in [0.05, 0.1) is 34.1 Å². The summed E-state index contributed by atoms with van der Waals surface area (Å²) in [6, 6.07) is 0. The van der Waals surface area contributed by atoms with Gasteiger partial charge in [-0.3, -0.25) is 4.79 Å². The minimum absolute atomic E-state index is 0.0149. The second-order valence-corrected chi connectivity index (χ2v) is 14.6. The Bertz CT molecular complexity index is 757. The zero-order chi connectivity index (χ0) is 33.8. The van der Waals surface area contributed by atoms with Crippen LogP contribution in [0, 0.1) is 0 Å². The van der Waals surface area contributed by atoms with Crippen LogP contribution in [0.25, 0.3) is 0 Å². The molecule has 0 spiro atoms. The van der Waals surface area contributed by atoms with Gasteiger partial charge in [-0.1, -0.05) is 133 Å². The van der Waals surface area contributed by atoms with Gasteiger partial charge in [-0.25, -0.2) is 0 Å². The van der Waals surface area contributed by atoms with Crippen LogP contribution in [-0.2, 0) is 9.53 Å². The molecule has 0 saturated heterocycles. The van der Waals surface area contributed by atoms with E-state index in [1.165, 1.54) is 135 Å². The van der Waals surface area contributed by atoms with Gasteiger partial charge < -0.3 is 9.22 Å². The molecule has 3 nitrogen and oxygen atoms in total. The van der Waals surface area contributed by atoms with Crippen molar-refractivity contribution in [2.45, 2.75) is 193 Å². The molecule has 0 bridgehead atoms. The Morgan fingerprint density at radius 2 is 0.870 bits per heavy atom. The summed E-state index contributed by atoms with van der Waals surface area (Å²) in [7, 11) is 6.55. The molecule has 0 saturated carbocycles. The van der Waals surface area contributed by atoms with Crippen LogP contribution in [-0.4, -0.2) is 44.2 Å². The summed E-state index contributed by atoms with van der Waals surface area (Å²) in [5.74, 6) is 0.0149. The molecule has 0 heterocycles. The number of rotatable bonds is 34. The standard InChI is InChI=1S/C43H80NO2/c1-6-8-10-12-14-16-18-20-22-24-26-28-30-32-34-36-39-42(46-43(45)40-37-41-44(3,4)5)38-35-33-31-29-27-25-23-21-19-17-15-13-11-9-7-2/h14-17,20-23,42H,6-13,18-19,24-41H2,1-5H3/q+1. The molecule has 0 N–H and O–H groups in total. The molecule has 3 heteroatoms. The van der Waals surface area contributed by atoms with E-state index in [0.717, 1.165) is 43.1 Å². The number of carbonyl (C=O) groups excluding carboxylic acids is 1. The van der Waals surface area contributed by atoms with Gasteiger partial charge in [0.2, 0.25) is 0 Å². The van der Waals surface area contributed by atoms with Crippen molar-refractivity contribution in [3.8, 4) is 0 Å². The van der Waals surface area contributed by atoms with Crippen LogP contribution in [0.3, 0.4) is 0 Å².